The number of esters is 1. The van der Waals surface area contributed by atoms with Crippen LogP contribution >= 0.6 is 19.2 Å². The third-order valence-electron chi connectivity index (χ3n) is 3.18. The topological polar surface area (TPSA) is 61.8 Å². The molecule has 0 amide bonds. The molecule has 0 radical (unpaired) electrons. The lowest BCUT2D eigenvalue weighted by Gasteiger charge is -2.29. The van der Waals surface area contributed by atoms with Gasteiger partial charge in [-0.1, -0.05) is 41.5 Å². The molecule has 0 aliphatic rings. The SMILES string of the molecule is CC(C)CCOP(=O)(OCCC(C)C)[C@H](OC(=O)CCl)C(C)C. The first kappa shape index (κ1) is 22.9. The second kappa shape index (κ2) is 11.5. The van der Waals surface area contributed by atoms with Crippen LogP contribution in [0.1, 0.15) is 54.4 Å². The zero-order chi connectivity index (χ0) is 18.0. The number of carbonyl (C=O) groups excluding carboxylic acids is 1. The van der Waals surface area contributed by atoms with Crippen LogP contribution in [-0.2, 0) is 23.1 Å². The summed E-state index contributed by atoms with van der Waals surface area (Å²) in [5.74, 6) is -1.21. The van der Waals surface area contributed by atoms with Crippen LogP contribution in [0.4, 0.5) is 0 Å². The fourth-order valence-corrected chi connectivity index (χ4v) is 3.88. The van der Waals surface area contributed by atoms with Crippen molar-refractivity contribution >= 4 is 25.2 Å². The zero-order valence-corrected chi connectivity index (χ0v) is 16.9. The zero-order valence-electron chi connectivity index (χ0n) is 15.2. The van der Waals surface area contributed by atoms with E-state index in [4.69, 9.17) is 25.4 Å². The standard InChI is InChI=1S/C16H32ClO5P/c1-12(2)7-9-20-23(19,21-10-8-13(3)4)16(14(5)6)22-15(18)11-17/h12-14,16H,7-11H2,1-6H3/t16-/m0/s1. The molecule has 138 valence electrons. The summed E-state index contributed by atoms with van der Waals surface area (Å²) in [4.78, 5) is 11.6. The molecule has 0 aromatic carbocycles. The normalized spacial score (nSPS) is 13.8. The van der Waals surface area contributed by atoms with Crippen LogP contribution in [0.15, 0.2) is 0 Å². The Kier molecular flexibility index (Phi) is 11.4. The molecule has 0 rings (SSSR count). The molecule has 0 aliphatic carbocycles. The van der Waals surface area contributed by atoms with Crippen molar-refractivity contribution in [1.29, 1.82) is 0 Å². The van der Waals surface area contributed by atoms with E-state index in [0.29, 0.717) is 25.0 Å². The minimum absolute atomic E-state index is 0.203. The van der Waals surface area contributed by atoms with Gasteiger partial charge in [0.1, 0.15) is 5.88 Å². The lowest BCUT2D eigenvalue weighted by molar-refractivity contribution is -0.145. The van der Waals surface area contributed by atoms with E-state index in [2.05, 4.69) is 27.7 Å². The summed E-state index contributed by atoms with van der Waals surface area (Å²) in [7, 11) is -3.57. The Morgan fingerprint density at radius 2 is 1.39 bits per heavy atom. The summed E-state index contributed by atoms with van der Waals surface area (Å²) in [5.41, 5.74) is 0. The van der Waals surface area contributed by atoms with Crippen LogP contribution in [0.5, 0.6) is 0 Å². The highest BCUT2D eigenvalue weighted by atomic mass is 35.5. The van der Waals surface area contributed by atoms with Gasteiger partial charge < -0.3 is 13.8 Å². The minimum atomic E-state index is -3.57. The lowest BCUT2D eigenvalue weighted by atomic mass is 10.2. The van der Waals surface area contributed by atoms with Crippen LogP contribution in [-0.4, -0.2) is 30.9 Å². The number of ether oxygens (including phenoxy) is 1. The van der Waals surface area contributed by atoms with Crippen LogP contribution in [0, 0.1) is 17.8 Å². The molecular weight excluding hydrogens is 339 g/mol. The Bertz CT molecular complexity index is 367. The second-order valence-electron chi connectivity index (χ2n) is 6.83. The molecule has 0 fully saturated rings. The molecule has 0 heterocycles. The molecule has 0 aromatic rings. The molecule has 5 nitrogen and oxygen atoms in total. The van der Waals surface area contributed by atoms with Gasteiger partial charge in [-0.2, -0.15) is 0 Å². The molecule has 0 aromatic heterocycles. The molecule has 0 aliphatic heterocycles. The fourth-order valence-electron chi connectivity index (χ4n) is 1.75. The van der Waals surface area contributed by atoms with Crippen LogP contribution < -0.4 is 0 Å². The molecule has 0 saturated carbocycles. The predicted molar refractivity (Wildman–Crippen MR) is 93.9 cm³/mol. The maximum atomic E-state index is 13.2. The van der Waals surface area contributed by atoms with Crippen molar-refractivity contribution in [3.05, 3.63) is 0 Å². The summed E-state index contributed by atoms with van der Waals surface area (Å²) >= 11 is 5.50. The first-order valence-corrected chi connectivity index (χ1v) is 10.4. The lowest BCUT2D eigenvalue weighted by Crippen LogP contribution is -2.27. The fraction of sp³-hybridized carbons (Fsp3) is 0.938. The molecule has 0 N–H and O–H groups in total. The van der Waals surface area contributed by atoms with Crippen molar-refractivity contribution in [3.8, 4) is 0 Å². The summed E-state index contributed by atoms with van der Waals surface area (Å²) in [6, 6.07) is 0. The van der Waals surface area contributed by atoms with Crippen molar-refractivity contribution < 1.29 is 23.1 Å². The van der Waals surface area contributed by atoms with E-state index in [1.807, 2.05) is 13.8 Å². The maximum Gasteiger partial charge on any atom is 0.371 e. The Morgan fingerprint density at radius 3 is 1.70 bits per heavy atom. The molecule has 0 saturated heterocycles. The van der Waals surface area contributed by atoms with Crippen molar-refractivity contribution in [3.63, 3.8) is 0 Å². The monoisotopic (exact) mass is 370 g/mol. The Balaban J connectivity index is 5.07. The minimum Gasteiger partial charge on any atom is -0.448 e. The van der Waals surface area contributed by atoms with Gasteiger partial charge in [0, 0.05) is 5.92 Å². The summed E-state index contributed by atoms with van der Waals surface area (Å²) in [5, 5.41) is 0. The molecular formula is C16H32ClO5P. The van der Waals surface area contributed by atoms with Crippen LogP contribution in [0.3, 0.4) is 0 Å². The van der Waals surface area contributed by atoms with E-state index < -0.39 is 19.4 Å². The van der Waals surface area contributed by atoms with Crippen LogP contribution in [0.25, 0.3) is 0 Å². The molecule has 0 spiro atoms. The van der Waals surface area contributed by atoms with Gasteiger partial charge in [-0.3, -0.25) is 9.36 Å². The smallest absolute Gasteiger partial charge is 0.371 e. The van der Waals surface area contributed by atoms with Crippen molar-refractivity contribution in [2.75, 3.05) is 19.1 Å². The first-order chi connectivity index (χ1) is 10.6. The highest BCUT2D eigenvalue weighted by molar-refractivity contribution is 7.54. The highest BCUT2D eigenvalue weighted by Crippen LogP contribution is 2.56. The van der Waals surface area contributed by atoms with E-state index in [1.54, 1.807) is 0 Å². The van der Waals surface area contributed by atoms with Gasteiger partial charge in [0.2, 0.25) is 5.85 Å². The van der Waals surface area contributed by atoms with E-state index in [-0.39, 0.29) is 11.8 Å². The highest BCUT2D eigenvalue weighted by Gasteiger charge is 2.41. The average Bonchev–Trinajstić information content (AvgIpc) is 2.43. The summed E-state index contributed by atoms with van der Waals surface area (Å²) in [6.45, 7) is 12.5. The van der Waals surface area contributed by atoms with E-state index in [0.717, 1.165) is 12.8 Å². The van der Waals surface area contributed by atoms with Gasteiger partial charge in [-0.15, -0.1) is 11.6 Å². The van der Waals surface area contributed by atoms with Crippen molar-refractivity contribution in [1.82, 2.24) is 0 Å². The maximum absolute atomic E-state index is 13.2. The quantitative estimate of drug-likeness (QED) is 0.272. The van der Waals surface area contributed by atoms with Gasteiger partial charge in [0.05, 0.1) is 13.2 Å². The van der Waals surface area contributed by atoms with Gasteiger partial charge in [-0.05, 0) is 24.7 Å². The van der Waals surface area contributed by atoms with Crippen LogP contribution in [0.2, 0.25) is 0 Å². The molecule has 0 unspecified atom stereocenters. The second-order valence-corrected chi connectivity index (χ2v) is 9.20. The largest absolute Gasteiger partial charge is 0.448 e. The van der Waals surface area contributed by atoms with E-state index in [1.165, 1.54) is 0 Å². The van der Waals surface area contributed by atoms with Gasteiger partial charge in [0.25, 0.3) is 0 Å². The Morgan fingerprint density at radius 1 is 0.957 bits per heavy atom. The van der Waals surface area contributed by atoms with Gasteiger partial charge in [-0.25, -0.2) is 0 Å². The van der Waals surface area contributed by atoms with Crippen molar-refractivity contribution in [2.45, 2.75) is 60.2 Å². The number of hydrogen-bond donors (Lipinski definition) is 0. The van der Waals surface area contributed by atoms with E-state index in [9.17, 15) is 9.36 Å². The van der Waals surface area contributed by atoms with E-state index >= 15 is 0 Å². The average molecular weight is 371 g/mol. The number of alkyl halides is 1. The number of hydrogen-bond acceptors (Lipinski definition) is 5. The summed E-state index contributed by atoms with van der Waals surface area (Å²) in [6.07, 6.45) is 1.51. The number of rotatable bonds is 12. The third kappa shape index (κ3) is 9.71. The number of halogens is 1. The predicted octanol–water partition coefficient (Wildman–Crippen LogP) is 5.07. The van der Waals surface area contributed by atoms with Gasteiger partial charge in [0.15, 0.2) is 0 Å². The molecule has 1 atom stereocenters. The van der Waals surface area contributed by atoms with Crippen molar-refractivity contribution in [2.24, 2.45) is 17.8 Å². The Labute approximate surface area is 145 Å². The summed E-state index contributed by atoms with van der Waals surface area (Å²) < 4.78 is 29.7. The number of carbonyl (C=O) groups is 1. The van der Waals surface area contributed by atoms with Gasteiger partial charge >= 0.3 is 13.6 Å². The Hall–Kier alpha value is -0.0900. The molecule has 0 bridgehead atoms. The molecule has 7 heteroatoms. The third-order valence-corrected chi connectivity index (χ3v) is 5.80. The molecule has 23 heavy (non-hydrogen) atoms. The first-order valence-electron chi connectivity index (χ1n) is 8.26.